The fourth-order valence-corrected chi connectivity index (χ4v) is 3.05. The van der Waals surface area contributed by atoms with Gasteiger partial charge in [-0.1, -0.05) is 6.07 Å². The minimum atomic E-state index is -1.25. The smallest absolute Gasteiger partial charge is 0.334 e. The second kappa shape index (κ2) is 5.53. The summed E-state index contributed by atoms with van der Waals surface area (Å²) < 4.78 is 5.19. The largest absolute Gasteiger partial charge is 0.497 e. The Labute approximate surface area is 118 Å². The molecule has 0 bridgehead atoms. The lowest BCUT2D eigenvalue weighted by Crippen LogP contribution is -2.53. The number of carbonyl (C=O) groups is 2. The van der Waals surface area contributed by atoms with Crippen LogP contribution in [0, 0.1) is 0 Å². The van der Waals surface area contributed by atoms with Crippen LogP contribution in [0.3, 0.4) is 0 Å². The van der Waals surface area contributed by atoms with Crippen LogP contribution >= 0.6 is 0 Å². The van der Waals surface area contributed by atoms with Crippen molar-refractivity contribution >= 4 is 12.4 Å². The number of benzene rings is 1. The third-order valence-electron chi connectivity index (χ3n) is 4.05. The molecular formula is C15H19NO4. The molecule has 0 heterocycles. The molecular weight excluding hydrogens is 258 g/mol. The van der Waals surface area contributed by atoms with Gasteiger partial charge < -0.3 is 14.7 Å². The summed E-state index contributed by atoms with van der Waals surface area (Å²) in [6.45, 7) is 2.15. The van der Waals surface area contributed by atoms with E-state index in [2.05, 4.69) is 0 Å². The van der Waals surface area contributed by atoms with Crippen LogP contribution in [0.25, 0.3) is 0 Å². The average Bonchev–Trinajstić information content (AvgIpc) is 2.47. The molecule has 0 saturated heterocycles. The summed E-state index contributed by atoms with van der Waals surface area (Å²) in [6, 6.07) is 5.39. The first-order valence-corrected chi connectivity index (χ1v) is 6.73. The lowest BCUT2D eigenvalue weighted by molar-refractivity contribution is -0.157. The highest BCUT2D eigenvalue weighted by Gasteiger charge is 2.47. The molecule has 1 atom stereocenters. The van der Waals surface area contributed by atoms with Gasteiger partial charge in [-0.2, -0.15) is 0 Å². The van der Waals surface area contributed by atoms with Crippen LogP contribution in [0.4, 0.5) is 0 Å². The van der Waals surface area contributed by atoms with Gasteiger partial charge in [-0.15, -0.1) is 0 Å². The van der Waals surface area contributed by atoms with Crippen LogP contribution in [0.1, 0.15) is 30.9 Å². The molecule has 5 nitrogen and oxygen atoms in total. The zero-order chi connectivity index (χ0) is 14.8. The van der Waals surface area contributed by atoms with Gasteiger partial charge in [0, 0.05) is 6.54 Å². The number of aliphatic carboxylic acids is 1. The zero-order valence-corrected chi connectivity index (χ0v) is 11.8. The maximum Gasteiger partial charge on any atom is 0.334 e. The third-order valence-corrected chi connectivity index (χ3v) is 4.05. The summed E-state index contributed by atoms with van der Waals surface area (Å²) in [5, 5.41) is 9.76. The monoisotopic (exact) mass is 277 g/mol. The van der Waals surface area contributed by atoms with Crippen LogP contribution in [-0.2, 0) is 21.5 Å². The molecule has 0 fully saturated rings. The number of likely N-dealkylation sites (N-methyl/N-ethyl adjacent to an activating group) is 1. The average molecular weight is 277 g/mol. The van der Waals surface area contributed by atoms with Crippen LogP contribution in [0.2, 0.25) is 0 Å². The fraction of sp³-hybridized carbons (Fsp3) is 0.467. The molecule has 108 valence electrons. The summed E-state index contributed by atoms with van der Waals surface area (Å²) in [5.41, 5.74) is 0.389. The highest BCUT2D eigenvalue weighted by molar-refractivity contribution is 5.84. The summed E-state index contributed by atoms with van der Waals surface area (Å²) in [6.07, 6.45) is 2.61. The number of aryl methyl sites for hydroxylation is 1. The molecule has 0 spiro atoms. The van der Waals surface area contributed by atoms with E-state index >= 15 is 0 Å². The summed E-state index contributed by atoms with van der Waals surface area (Å²) in [7, 11) is 1.58. The Bertz CT molecular complexity index is 529. The van der Waals surface area contributed by atoms with E-state index in [0.717, 1.165) is 18.4 Å². The van der Waals surface area contributed by atoms with Crippen molar-refractivity contribution in [2.24, 2.45) is 0 Å². The maximum absolute atomic E-state index is 11.9. The Morgan fingerprint density at radius 2 is 2.30 bits per heavy atom. The number of rotatable bonds is 5. The van der Waals surface area contributed by atoms with Gasteiger partial charge in [0.2, 0.25) is 6.41 Å². The highest BCUT2D eigenvalue weighted by Crippen LogP contribution is 2.41. The van der Waals surface area contributed by atoms with E-state index in [9.17, 15) is 14.7 Å². The van der Waals surface area contributed by atoms with E-state index < -0.39 is 11.5 Å². The Kier molecular flexibility index (Phi) is 3.97. The molecule has 0 saturated carbocycles. The lowest BCUT2D eigenvalue weighted by Gasteiger charge is -2.42. The Morgan fingerprint density at radius 1 is 1.55 bits per heavy atom. The predicted molar refractivity (Wildman–Crippen MR) is 73.7 cm³/mol. The molecule has 5 heteroatoms. The Balaban J connectivity index is 2.62. The van der Waals surface area contributed by atoms with Gasteiger partial charge in [-0.3, -0.25) is 4.79 Å². The number of carbonyl (C=O) groups excluding carboxylic acids is 1. The third kappa shape index (κ3) is 2.03. The van der Waals surface area contributed by atoms with Crippen molar-refractivity contribution in [3.63, 3.8) is 0 Å². The minimum absolute atomic E-state index is 0.362. The van der Waals surface area contributed by atoms with Crippen LogP contribution in [-0.4, -0.2) is 36.0 Å². The van der Waals surface area contributed by atoms with E-state index in [1.165, 1.54) is 4.90 Å². The first kappa shape index (κ1) is 14.4. The van der Waals surface area contributed by atoms with Crippen molar-refractivity contribution in [2.75, 3.05) is 13.7 Å². The van der Waals surface area contributed by atoms with E-state index in [1.807, 2.05) is 6.07 Å². The van der Waals surface area contributed by atoms with Crippen molar-refractivity contribution in [2.45, 2.75) is 31.7 Å². The molecule has 20 heavy (non-hydrogen) atoms. The van der Waals surface area contributed by atoms with E-state index in [-0.39, 0.29) is 0 Å². The number of hydrogen-bond donors (Lipinski definition) is 1. The van der Waals surface area contributed by atoms with E-state index in [1.54, 1.807) is 26.2 Å². The van der Waals surface area contributed by atoms with Crippen molar-refractivity contribution in [3.8, 4) is 5.75 Å². The first-order chi connectivity index (χ1) is 9.59. The molecule has 1 aromatic rings. The number of carboxylic acids is 1. The zero-order valence-electron chi connectivity index (χ0n) is 11.8. The normalized spacial score (nSPS) is 20.9. The summed E-state index contributed by atoms with van der Waals surface area (Å²) >= 11 is 0. The number of carboxylic acid groups (broad SMARTS) is 1. The molecule has 1 aliphatic rings. The van der Waals surface area contributed by atoms with Crippen molar-refractivity contribution in [1.29, 1.82) is 0 Å². The highest BCUT2D eigenvalue weighted by atomic mass is 16.5. The quantitative estimate of drug-likeness (QED) is 0.833. The standard InChI is InChI=1S/C15H19NO4/c1-3-16(10-17)15(14(18)19)8-4-5-11-9-12(20-2)6-7-13(11)15/h6-7,9-10H,3-5,8H2,1-2H3,(H,18,19). The number of nitrogens with zero attached hydrogens (tertiary/aromatic N) is 1. The van der Waals surface area contributed by atoms with Gasteiger partial charge >= 0.3 is 5.97 Å². The number of amides is 1. The van der Waals surface area contributed by atoms with E-state index in [4.69, 9.17) is 4.74 Å². The van der Waals surface area contributed by atoms with Crippen LogP contribution < -0.4 is 4.74 Å². The molecule has 1 aromatic carbocycles. The lowest BCUT2D eigenvalue weighted by atomic mass is 9.75. The predicted octanol–water partition coefficient (Wildman–Crippen LogP) is 1.79. The Hall–Kier alpha value is -2.04. The molecule has 0 aromatic heterocycles. The SMILES string of the molecule is CCN(C=O)C1(C(=O)O)CCCc2cc(OC)ccc21. The number of ether oxygens (including phenoxy) is 1. The molecule has 1 N–H and O–H groups in total. The van der Waals surface area contributed by atoms with Gasteiger partial charge in [0.15, 0.2) is 5.54 Å². The van der Waals surface area contributed by atoms with Gasteiger partial charge in [0.25, 0.3) is 0 Å². The van der Waals surface area contributed by atoms with Gasteiger partial charge in [-0.25, -0.2) is 4.79 Å². The van der Waals surface area contributed by atoms with Crippen molar-refractivity contribution in [3.05, 3.63) is 29.3 Å². The summed E-state index contributed by atoms with van der Waals surface area (Å²) in [5.74, 6) is -0.267. The Morgan fingerprint density at radius 3 is 2.85 bits per heavy atom. The first-order valence-electron chi connectivity index (χ1n) is 6.73. The number of methoxy groups -OCH3 is 1. The molecule has 1 amide bonds. The molecule has 0 aliphatic heterocycles. The van der Waals surface area contributed by atoms with Crippen LogP contribution in [0.15, 0.2) is 18.2 Å². The fourth-order valence-electron chi connectivity index (χ4n) is 3.05. The second-order valence-corrected chi connectivity index (χ2v) is 4.93. The molecule has 1 unspecified atom stereocenters. The number of fused-ring (bicyclic) bond motifs is 1. The minimum Gasteiger partial charge on any atom is -0.497 e. The molecule has 1 aliphatic carbocycles. The summed E-state index contributed by atoms with van der Waals surface area (Å²) in [4.78, 5) is 24.6. The topological polar surface area (TPSA) is 66.8 Å². The van der Waals surface area contributed by atoms with Gasteiger partial charge in [0.1, 0.15) is 5.75 Å². The molecule has 2 rings (SSSR count). The van der Waals surface area contributed by atoms with Crippen LogP contribution in [0.5, 0.6) is 5.75 Å². The van der Waals surface area contributed by atoms with Gasteiger partial charge in [-0.05, 0) is 49.4 Å². The maximum atomic E-state index is 11.9. The number of hydrogen-bond acceptors (Lipinski definition) is 3. The van der Waals surface area contributed by atoms with Crippen molar-refractivity contribution in [1.82, 2.24) is 4.90 Å². The second-order valence-electron chi connectivity index (χ2n) is 4.93. The van der Waals surface area contributed by atoms with Crippen molar-refractivity contribution < 1.29 is 19.4 Å². The van der Waals surface area contributed by atoms with E-state index in [0.29, 0.717) is 30.7 Å². The molecule has 0 radical (unpaired) electrons. The van der Waals surface area contributed by atoms with Gasteiger partial charge in [0.05, 0.1) is 7.11 Å².